The first-order valence-electron chi connectivity index (χ1n) is 18.8. The van der Waals surface area contributed by atoms with Crippen molar-refractivity contribution in [2.24, 2.45) is 0 Å². The molecule has 0 N–H and O–H groups in total. The van der Waals surface area contributed by atoms with E-state index in [1.807, 2.05) is 47.7 Å². The molecule has 11 aromatic rings. The fourth-order valence-corrected chi connectivity index (χ4v) is 9.26. The van der Waals surface area contributed by atoms with E-state index in [1.54, 1.807) is 0 Å². The van der Waals surface area contributed by atoms with Crippen molar-refractivity contribution in [3.8, 4) is 62.1 Å². The van der Waals surface area contributed by atoms with Crippen molar-refractivity contribution in [2.45, 2.75) is 0 Å². The molecular formula is C51H32N4S. The molecule has 56 heavy (non-hydrogen) atoms. The van der Waals surface area contributed by atoms with E-state index >= 15 is 0 Å². The van der Waals surface area contributed by atoms with Crippen LogP contribution in [0.25, 0.3) is 104 Å². The van der Waals surface area contributed by atoms with Gasteiger partial charge in [0.15, 0.2) is 17.5 Å². The van der Waals surface area contributed by atoms with Gasteiger partial charge in [-0.3, -0.25) is 0 Å². The first-order chi connectivity index (χ1) is 27.8. The standard InChI is InChI=1S/C51H32N4S/c1-4-15-33(16-5-1)34-27-29-35(30-28-34)42-31-38(32-43-39-21-11-13-26-46(39)56-48(42)43)55-44-24-12-10-22-40(44)47-41(23-14-25-45(47)55)51-53-49(36-17-6-2-7-18-36)52-50(54-51)37-19-8-3-9-20-37/h1-32H. The zero-order valence-electron chi connectivity index (χ0n) is 30.2. The van der Waals surface area contributed by atoms with Gasteiger partial charge in [-0.25, -0.2) is 15.0 Å². The number of rotatable bonds is 6. The van der Waals surface area contributed by atoms with Gasteiger partial charge in [-0.15, -0.1) is 11.3 Å². The Hall–Kier alpha value is -7.21. The van der Waals surface area contributed by atoms with Crippen molar-refractivity contribution in [1.29, 1.82) is 0 Å². The Labute approximate surface area is 327 Å². The minimum absolute atomic E-state index is 0.643. The summed E-state index contributed by atoms with van der Waals surface area (Å²) in [6.07, 6.45) is 0. The topological polar surface area (TPSA) is 43.6 Å². The van der Waals surface area contributed by atoms with E-state index in [2.05, 4.69) is 162 Å². The molecule has 0 saturated heterocycles. The van der Waals surface area contributed by atoms with E-state index in [-0.39, 0.29) is 0 Å². The molecule has 4 nitrogen and oxygen atoms in total. The summed E-state index contributed by atoms with van der Waals surface area (Å²) in [5, 5.41) is 4.77. The van der Waals surface area contributed by atoms with Gasteiger partial charge in [-0.2, -0.15) is 0 Å². The fraction of sp³-hybridized carbons (Fsp3) is 0. The third-order valence-electron chi connectivity index (χ3n) is 10.7. The first kappa shape index (κ1) is 32.2. The van der Waals surface area contributed by atoms with Crippen LogP contribution in [0.4, 0.5) is 0 Å². The van der Waals surface area contributed by atoms with Gasteiger partial charge in [0.2, 0.25) is 0 Å². The Morgan fingerprint density at radius 1 is 0.357 bits per heavy atom. The minimum Gasteiger partial charge on any atom is -0.309 e. The van der Waals surface area contributed by atoms with Gasteiger partial charge in [-0.1, -0.05) is 164 Å². The lowest BCUT2D eigenvalue weighted by molar-refractivity contribution is 1.08. The molecule has 5 heteroatoms. The highest BCUT2D eigenvalue weighted by Gasteiger charge is 2.21. The molecule has 0 aliphatic rings. The van der Waals surface area contributed by atoms with Crippen LogP contribution in [0, 0.1) is 0 Å². The number of hydrogen-bond donors (Lipinski definition) is 0. The maximum absolute atomic E-state index is 5.16. The zero-order chi connectivity index (χ0) is 37.0. The van der Waals surface area contributed by atoms with E-state index in [0.717, 1.165) is 44.2 Å². The van der Waals surface area contributed by atoms with Gasteiger partial charge < -0.3 is 4.57 Å². The zero-order valence-corrected chi connectivity index (χ0v) is 31.0. The minimum atomic E-state index is 0.643. The normalized spacial score (nSPS) is 11.6. The molecule has 0 unspecified atom stereocenters. The average Bonchev–Trinajstić information content (AvgIpc) is 3.83. The van der Waals surface area contributed by atoms with Crippen LogP contribution in [0.5, 0.6) is 0 Å². The predicted octanol–water partition coefficient (Wildman–Crippen LogP) is 13.7. The van der Waals surface area contributed by atoms with E-state index < -0.39 is 0 Å². The van der Waals surface area contributed by atoms with Crippen LogP contribution in [0.3, 0.4) is 0 Å². The van der Waals surface area contributed by atoms with E-state index in [4.69, 9.17) is 15.0 Å². The van der Waals surface area contributed by atoms with Crippen LogP contribution >= 0.6 is 11.3 Å². The lowest BCUT2D eigenvalue weighted by Gasteiger charge is -2.13. The number of para-hydroxylation sites is 1. The van der Waals surface area contributed by atoms with Crippen LogP contribution in [-0.4, -0.2) is 19.5 Å². The molecule has 3 heterocycles. The Balaban J connectivity index is 1.16. The summed E-state index contributed by atoms with van der Waals surface area (Å²) in [6.45, 7) is 0. The molecule has 3 aromatic heterocycles. The monoisotopic (exact) mass is 732 g/mol. The molecule has 0 amide bonds. The molecule has 0 fully saturated rings. The quantitative estimate of drug-likeness (QED) is 0.171. The summed E-state index contributed by atoms with van der Waals surface area (Å²) < 4.78 is 4.99. The highest BCUT2D eigenvalue weighted by Crippen LogP contribution is 2.44. The Morgan fingerprint density at radius 2 is 0.893 bits per heavy atom. The third-order valence-corrected chi connectivity index (χ3v) is 11.9. The van der Waals surface area contributed by atoms with Crippen LogP contribution in [0.1, 0.15) is 0 Å². The number of thiophene rings is 1. The van der Waals surface area contributed by atoms with Gasteiger partial charge in [0.25, 0.3) is 0 Å². The van der Waals surface area contributed by atoms with Crippen molar-refractivity contribution >= 4 is 53.3 Å². The summed E-state index contributed by atoms with van der Waals surface area (Å²) >= 11 is 1.86. The van der Waals surface area contributed by atoms with Crippen molar-refractivity contribution in [2.75, 3.05) is 0 Å². The maximum Gasteiger partial charge on any atom is 0.164 e. The summed E-state index contributed by atoms with van der Waals surface area (Å²) in [5.74, 6) is 1.94. The lowest BCUT2D eigenvalue weighted by Crippen LogP contribution is -2.00. The van der Waals surface area contributed by atoms with E-state index in [9.17, 15) is 0 Å². The van der Waals surface area contributed by atoms with Crippen LogP contribution in [0.2, 0.25) is 0 Å². The Bertz CT molecular complexity index is 3160. The molecule has 11 rings (SSSR count). The number of fused-ring (bicyclic) bond motifs is 6. The molecule has 0 aliphatic carbocycles. The molecule has 8 aromatic carbocycles. The smallest absolute Gasteiger partial charge is 0.164 e. The van der Waals surface area contributed by atoms with Gasteiger partial charge in [0, 0.05) is 58.9 Å². The summed E-state index contributed by atoms with van der Waals surface area (Å²) in [5.41, 5.74) is 11.0. The van der Waals surface area contributed by atoms with E-state index in [0.29, 0.717) is 17.5 Å². The van der Waals surface area contributed by atoms with Gasteiger partial charge in [-0.05, 0) is 47.0 Å². The Kier molecular flexibility index (Phi) is 7.64. The number of hydrogen-bond acceptors (Lipinski definition) is 4. The summed E-state index contributed by atoms with van der Waals surface area (Å²) in [7, 11) is 0. The number of aromatic nitrogens is 4. The number of nitrogens with zero attached hydrogens (tertiary/aromatic N) is 4. The van der Waals surface area contributed by atoms with Crippen molar-refractivity contribution in [3.05, 3.63) is 194 Å². The summed E-state index contributed by atoms with van der Waals surface area (Å²) in [6, 6.07) is 68.6. The third kappa shape index (κ3) is 5.40. The first-order valence-corrected chi connectivity index (χ1v) is 19.6. The Morgan fingerprint density at radius 3 is 1.59 bits per heavy atom. The van der Waals surface area contributed by atoms with Crippen molar-refractivity contribution in [3.63, 3.8) is 0 Å². The van der Waals surface area contributed by atoms with Gasteiger partial charge in [0.05, 0.1) is 11.0 Å². The maximum atomic E-state index is 5.16. The second-order valence-electron chi connectivity index (χ2n) is 14.0. The molecular weight excluding hydrogens is 701 g/mol. The molecule has 0 radical (unpaired) electrons. The van der Waals surface area contributed by atoms with Crippen LogP contribution in [-0.2, 0) is 0 Å². The lowest BCUT2D eigenvalue weighted by atomic mass is 9.98. The van der Waals surface area contributed by atoms with Crippen molar-refractivity contribution < 1.29 is 0 Å². The second-order valence-corrected chi connectivity index (χ2v) is 15.1. The largest absolute Gasteiger partial charge is 0.309 e. The fourth-order valence-electron chi connectivity index (χ4n) is 8.04. The summed E-state index contributed by atoms with van der Waals surface area (Å²) in [4.78, 5) is 15.3. The molecule has 0 bridgehead atoms. The molecule has 0 aliphatic heterocycles. The van der Waals surface area contributed by atoms with E-state index in [1.165, 1.54) is 42.4 Å². The van der Waals surface area contributed by atoms with Crippen LogP contribution < -0.4 is 0 Å². The molecule has 0 atom stereocenters. The molecule has 262 valence electrons. The highest BCUT2D eigenvalue weighted by atomic mass is 32.1. The van der Waals surface area contributed by atoms with Gasteiger partial charge >= 0.3 is 0 Å². The number of benzene rings is 8. The SMILES string of the molecule is c1ccc(-c2ccc(-c3cc(-n4c5ccccc5c5c(-c6nc(-c7ccccc7)nc(-c7ccccc7)n6)cccc54)cc4c3sc3ccccc34)cc2)cc1. The second kappa shape index (κ2) is 13.3. The van der Waals surface area contributed by atoms with Gasteiger partial charge in [0.1, 0.15) is 0 Å². The predicted molar refractivity (Wildman–Crippen MR) is 234 cm³/mol. The average molecular weight is 733 g/mol. The highest BCUT2D eigenvalue weighted by molar-refractivity contribution is 7.26. The van der Waals surface area contributed by atoms with Crippen LogP contribution in [0.15, 0.2) is 194 Å². The van der Waals surface area contributed by atoms with Crippen molar-refractivity contribution in [1.82, 2.24) is 19.5 Å². The molecule has 0 saturated carbocycles. The molecule has 0 spiro atoms.